The lowest BCUT2D eigenvalue weighted by molar-refractivity contribution is 0.585. The number of rotatable bonds is 2. The SMILES string of the molecule is C[C@H](c1ccccc1)c1cnc(C(C)(C)C)s1. The zero-order valence-corrected chi connectivity index (χ0v) is 11.7. The summed E-state index contributed by atoms with van der Waals surface area (Å²) in [4.78, 5) is 5.90. The second-order valence-electron chi connectivity index (χ2n) is 5.45. The maximum Gasteiger partial charge on any atom is 0.0981 e. The summed E-state index contributed by atoms with van der Waals surface area (Å²) in [5, 5.41) is 1.22. The van der Waals surface area contributed by atoms with E-state index in [2.05, 4.69) is 63.0 Å². The lowest BCUT2D eigenvalue weighted by Crippen LogP contribution is -2.09. The molecule has 1 nitrogen and oxygen atoms in total. The van der Waals surface area contributed by atoms with Gasteiger partial charge in [-0.2, -0.15) is 0 Å². The molecule has 1 aromatic heterocycles. The Labute approximate surface area is 108 Å². The highest BCUT2D eigenvalue weighted by molar-refractivity contribution is 7.11. The van der Waals surface area contributed by atoms with Gasteiger partial charge in [0.2, 0.25) is 0 Å². The maximum absolute atomic E-state index is 4.55. The molecule has 0 aliphatic carbocycles. The van der Waals surface area contributed by atoms with Gasteiger partial charge in [0.1, 0.15) is 0 Å². The second-order valence-corrected chi connectivity index (χ2v) is 6.51. The van der Waals surface area contributed by atoms with Gasteiger partial charge < -0.3 is 0 Å². The Kier molecular flexibility index (Phi) is 3.34. The first kappa shape index (κ1) is 12.3. The summed E-state index contributed by atoms with van der Waals surface area (Å²) in [5.74, 6) is 0.435. The van der Waals surface area contributed by atoms with Crippen LogP contribution in [0.4, 0.5) is 0 Å². The van der Waals surface area contributed by atoms with Crippen LogP contribution in [0.1, 0.15) is 49.1 Å². The van der Waals surface area contributed by atoms with Crippen LogP contribution in [-0.4, -0.2) is 4.98 Å². The van der Waals surface area contributed by atoms with E-state index >= 15 is 0 Å². The first-order valence-electron chi connectivity index (χ1n) is 5.99. The molecule has 0 aliphatic heterocycles. The molecule has 17 heavy (non-hydrogen) atoms. The summed E-state index contributed by atoms with van der Waals surface area (Å²) in [6, 6.07) is 10.6. The first-order valence-corrected chi connectivity index (χ1v) is 6.81. The topological polar surface area (TPSA) is 12.9 Å². The van der Waals surface area contributed by atoms with Crippen molar-refractivity contribution < 1.29 is 0 Å². The van der Waals surface area contributed by atoms with Crippen molar-refractivity contribution in [3.8, 4) is 0 Å². The third-order valence-electron chi connectivity index (χ3n) is 2.89. The van der Waals surface area contributed by atoms with Gasteiger partial charge in [0.25, 0.3) is 0 Å². The molecular formula is C15H19NS. The summed E-state index contributed by atoms with van der Waals surface area (Å²) in [5.41, 5.74) is 1.51. The Bertz CT molecular complexity index is 479. The zero-order chi connectivity index (χ0) is 12.5. The van der Waals surface area contributed by atoms with E-state index in [0.29, 0.717) is 5.92 Å². The molecule has 0 fully saturated rings. The summed E-state index contributed by atoms with van der Waals surface area (Å²) in [6.45, 7) is 8.88. The van der Waals surface area contributed by atoms with Crippen LogP contribution < -0.4 is 0 Å². The molecule has 0 unspecified atom stereocenters. The van der Waals surface area contributed by atoms with E-state index < -0.39 is 0 Å². The Morgan fingerprint density at radius 1 is 1.12 bits per heavy atom. The monoisotopic (exact) mass is 245 g/mol. The van der Waals surface area contributed by atoms with Gasteiger partial charge >= 0.3 is 0 Å². The summed E-state index contributed by atoms with van der Waals surface area (Å²) in [7, 11) is 0. The minimum atomic E-state index is 0.152. The first-order chi connectivity index (χ1) is 7.98. The molecule has 0 radical (unpaired) electrons. The standard InChI is InChI=1S/C15H19NS/c1-11(12-8-6-5-7-9-12)13-10-16-14(17-13)15(2,3)4/h5-11H,1-4H3/t11-/m1/s1. The Morgan fingerprint density at radius 3 is 2.29 bits per heavy atom. The molecule has 0 amide bonds. The van der Waals surface area contributed by atoms with Gasteiger partial charge in [-0.15, -0.1) is 11.3 Å². The largest absolute Gasteiger partial charge is 0.249 e. The van der Waals surface area contributed by atoms with Crippen LogP contribution in [0.25, 0.3) is 0 Å². The van der Waals surface area contributed by atoms with E-state index in [1.54, 1.807) is 0 Å². The molecule has 0 saturated carbocycles. The van der Waals surface area contributed by atoms with Crippen molar-refractivity contribution in [2.45, 2.75) is 39.0 Å². The van der Waals surface area contributed by atoms with Gasteiger partial charge in [0.05, 0.1) is 5.01 Å². The minimum absolute atomic E-state index is 0.152. The number of hydrogen-bond donors (Lipinski definition) is 0. The van der Waals surface area contributed by atoms with E-state index in [9.17, 15) is 0 Å². The molecule has 0 N–H and O–H groups in total. The predicted molar refractivity (Wildman–Crippen MR) is 74.8 cm³/mol. The van der Waals surface area contributed by atoms with E-state index in [0.717, 1.165) is 0 Å². The number of thiazole rings is 1. The van der Waals surface area contributed by atoms with Crippen molar-refractivity contribution in [1.82, 2.24) is 4.98 Å². The summed E-state index contributed by atoms with van der Waals surface area (Å²) in [6.07, 6.45) is 2.03. The number of aromatic nitrogens is 1. The average molecular weight is 245 g/mol. The van der Waals surface area contributed by atoms with Crippen LogP contribution in [0.15, 0.2) is 36.5 Å². The normalized spacial score (nSPS) is 13.6. The Hall–Kier alpha value is -1.15. The molecule has 0 spiro atoms. The predicted octanol–water partition coefficient (Wildman–Crippen LogP) is 4.59. The van der Waals surface area contributed by atoms with Crippen molar-refractivity contribution in [1.29, 1.82) is 0 Å². The van der Waals surface area contributed by atoms with Crippen LogP contribution in [0.5, 0.6) is 0 Å². The Balaban J connectivity index is 2.27. The van der Waals surface area contributed by atoms with Crippen LogP contribution in [0.3, 0.4) is 0 Å². The van der Waals surface area contributed by atoms with Crippen molar-refractivity contribution in [2.75, 3.05) is 0 Å². The highest BCUT2D eigenvalue weighted by Crippen LogP contribution is 2.33. The van der Waals surface area contributed by atoms with Gasteiger partial charge in [-0.05, 0) is 5.56 Å². The van der Waals surface area contributed by atoms with Crippen LogP contribution in [-0.2, 0) is 5.41 Å². The molecule has 0 aliphatic rings. The highest BCUT2D eigenvalue weighted by atomic mass is 32.1. The van der Waals surface area contributed by atoms with Crippen molar-refractivity contribution in [2.24, 2.45) is 0 Å². The van der Waals surface area contributed by atoms with E-state index in [1.165, 1.54) is 15.4 Å². The van der Waals surface area contributed by atoms with Crippen LogP contribution >= 0.6 is 11.3 Å². The number of benzene rings is 1. The molecule has 2 heteroatoms. The molecule has 2 aromatic rings. The highest BCUT2D eigenvalue weighted by Gasteiger charge is 2.20. The van der Waals surface area contributed by atoms with Gasteiger partial charge in [0, 0.05) is 22.4 Å². The molecule has 0 bridgehead atoms. The third-order valence-corrected chi connectivity index (χ3v) is 4.50. The average Bonchev–Trinajstić information content (AvgIpc) is 2.78. The molecule has 1 atom stereocenters. The fourth-order valence-corrected chi connectivity index (χ4v) is 2.79. The number of nitrogens with zero attached hydrogens (tertiary/aromatic N) is 1. The molecule has 1 heterocycles. The maximum atomic E-state index is 4.55. The minimum Gasteiger partial charge on any atom is -0.249 e. The van der Waals surface area contributed by atoms with Gasteiger partial charge in [-0.3, -0.25) is 0 Å². The fraction of sp³-hybridized carbons (Fsp3) is 0.400. The van der Waals surface area contributed by atoms with Gasteiger partial charge in [-0.25, -0.2) is 4.98 Å². The van der Waals surface area contributed by atoms with E-state index in [4.69, 9.17) is 0 Å². The smallest absolute Gasteiger partial charge is 0.0981 e. The second kappa shape index (κ2) is 4.61. The lowest BCUT2D eigenvalue weighted by Gasteiger charge is -2.14. The molecule has 0 saturated heterocycles. The zero-order valence-electron chi connectivity index (χ0n) is 10.9. The van der Waals surface area contributed by atoms with Gasteiger partial charge in [-0.1, -0.05) is 58.0 Å². The molecule has 1 aromatic carbocycles. The third kappa shape index (κ3) is 2.75. The molecule has 2 rings (SSSR count). The van der Waals surface area contributed by atoms with Crippen LogP contribution in [0, 0.1) is 0 Å². The molecular weight excluding hydrogens is 226 g/mol. The fourth-order valence-electron chi connectivity index (χ4n) is 1.74. The number of hydrogen-bond acceptors (Lipinski definition) is 2. The van der Waals surface area contributed by atoms with Crippen molar-refractivity contribution in [3.05, 3.63) is 52.0 Å². The van der Waals surface area contributed by atoms with E-state index in [-0.39, 0.29) is 5.41 Å². The van der Waals surface area contributed by atoms with Crippen molar-refractivity contribution in [3.63, 3.8) is 0 Å². The lowest BCUT2D eigenvalue weighted by atomic mass is 9.98. The van der Waals surface area contributed by atoms with Gasteiger partial charge in [0.15, 0.2) is 0 Å². The summed E-state index contributed by atoms with van der Waals surface area (Å²) >= 11 is 1.83. The van der Waals surface area contributed by atoms with E-state index in [1.807, 2.05) is 17.5 Å². The Morgan fingerprint density at radius 2 is 1.76 bits per heavy atom. The molecule has 90 valence electrons. The quantitative estimate of drug-likeness (QED) is 0.754. The van der Waals surface area contributed by atoms with Crippen molar-refractivity contribution >= 4 is 11.3 Å². The van der Waals surface area contributed by atoms with Crippen LogP contribution in [0.2, 0.25) is 0 Å². The summed E-state index contributed by atoms with van der Waals surface area (Å²) < 4.78 is 0.